The van der Waals surface area contributed by atoms with Gasteiger partial charge in [-0.3, -0.25) is 9.78 Å². The number of amides is 1. The first-order valence-corrected chi connectivity index (χ1v) is 10.5. The number of nitrogens with two attached hydrogens (primary N) is 1. The van der Waals surface area contributed by atoms with E-state index in [0.29, 0.717) is 11.4 Å². The lowest BCUT2D eigenvalue weighted by Crippen LogP contribution is -2.22. The fourth-order valence-corrected chi connectivity index (χ4v) is 2.77. The standard InChI is InChI=1S/C23H21N3O5.C2H6/c1-2-30-23(29)18-12-19(15-7-4-3-5-8-15)25-13-20(18)26-21(27)14-31-22(28)16-9-6-10-17(24)11-16;1-2/h3-13H,2,14,24H2,1H3,(H,26,27);1-2H3. The molecule has 3 N–H and O–H groups in total. The summed E-state index contributed by atoms with van der Waals surface area (Å²) in [5.41, 5.74) is 7.93. The third-order valence-electron chi connectivity index (χ3n) is 4.20. The first kappa shape index (κ1) is 25.1. The molecule has 0 saturated heterocycles. The lowest BCUT2D eigenvalue weighted by molar-refractivity contribution is -0.119. The molecule has 3 rings (SSSR count). The highest BCUT2D eigenvalue weighted by molar-refractivity contribution is 6.02. The van der Waals surface area contributed by atoms with Crippen LogP contribution in [0, 0.1) is 0 Å². The molecule has 0 spiro atoms. The Morgan fingerprint density at radius 3 is 2.33 bits per heavy atom. The molecule has 0 aliphatic heterocycles. The van der Waals surface area contributed by atoms with Gasteiger partial charge in [-0.2, -0.15) is 0 Å². The zero-order valence-corrected chi connectivity index (χ0v) is 18.8. The lowest BCUT2D eigenvalue weighted by Gasteiger charge is -2.12. The van der Waals surface area contributed by atoms with E-state index in [1.54, 1.807) is 25.1 Å². The van der Waals surface area contributed by atoms with Crippen LogP contribution >= 0.6 is 0 Å². The Kier molecular flexibility index (Phi) is 9.57. The lowest BCUT2D eigenvalue weighted by atomic mass is 10.1. The maximum Gasteiger partial charge on any atom is 0.340 e. The molecule has 2 aromatic carbocycles. The summed E-state index contributed by atoms with van der Waals surface area (Å²) >= 11 is 0. The fourth-order valence-electron chi connectivity index (χ4n) is 2.77. The Hall–Kier alpha value is -4.20. The number of ether oxygens (including phenoxy) is 2. The molecule has 3 aromatic rings. The van der Waals surface area contributed by atoms with Crippen LogP contribution in [0.2, 0.25) is 0 Å². The molecular weight excluding hydrogens is 422 g/mol. The Labute approximate surface area is 192 Å². The minimum absolute atomic E-state index is 0.145. The molecule has 8 heteroatoms. The second kappa shape index (κ2) is 12.6. The number of esters is 2. The molecular formula is C25H27N3O5. The second-order valence-corrected chi connectivity index (χ2v) is 6.45. The van der Waals surface area contributed by atoms with E-state index in [2.05, 4.69) is 10.3 Å². The summed E-state index contributed by atoms with van der Waals surface area (Å²) < 4.78 is 10.1. The normalized spacial score (nSPS) is 9.79. The van der Waals surface area contributed by atoms with Gasteiger partial charge in [0, 0.05) is 11.3 Å². The van der Waals surface area contributed by atoms with Crippen LogP contribution in [0.5, 0.6) is 0 Å². The van der Waals surface area contributed by atoms with Crippen molar-refractivity contribution in [2.75, 3.05) is 24.3 Å². The second-order valence-electron chi connectivity index (χ2n) is 6.45. The van der Waals surface area contributed by atoms with Crippen LogP contribution in [0.3, 0.4) is 0 Å². The first-order chi connectivity index (χ1) is 16.0. The van der Waals surface area contributed by atoms with Crippen LogP contribution in [-0.4, -0.2) is 36.0 Å². The molecule has 1 aromatic heterocycles. The zero-order chi connectivity index (χ0) is 24.2. The zero-order valence-electron chi connectivity index (χ0n) is 18.8. The van der Waals surface area contributed by atoms with Crippen LogP contribution in [0.15, 0.2) is 66.9 Å². The van der Waals surface area contributed by atoms with E-state index in [-0.39, 0.29) is 23.4 Å². The summed E-state index contributed by atoms with van der Waals surface area (Å²) in [5.74, 6) is -1.92. The van der Waals surface area contributed by atoms with Crippen molar-refractivity contribution in [2.24, 2.45) is 0 Å². The summed E-state index contributed by atoms with van der Waals surface area (Å²) in [6.45, 7) is 5.31. The van der Waals surface area contributed by atoms with Crippen LogP contribution in [-0.2, 0) is 14.3 Å². The van der Waals surface area contributed by atoms with Crippen molar-refractivity contribution >= 4 is 29.2 Å². The summed E-state index contributed by atoms with van der Waals surface area (Å²) in [6, 6.07) is 17.0. The van der Waals surface area contributed by atoms with E-state index in [0.717, 1.165) is 5.56 Å². The van der Waals surface area contributed by atoms with Gasteiger partial charge in [-0.05, 0) is 31.2 Å². The Bertz CT molecular complexity index is 1100. The van der Waals surface area contributed by atoms with Gasteiger partial charge < -0.3 is 20.5 Å². The molecule has 0 fully saturated rings. The van der Waals surface area contributed by atoms with Crippen molar-refractivity contribution in [1.29, 1.82) is 0 Å². The Balaban J connectivity index is 0.00000187. The van der Waals surface area contributed by atoms with Crippen LogP contribution in [0.25, 0.3) is 11.3 Å². The topological polar surface area (TPSA) is 121 Å². The van der Waals surface area contributed by atoms with Crippen molar-refractivity contribution in [3.63, 3.8) is 0 Å². The van der Waals surface area contributed by atoms with E-state index >= 15 is 0 Å². The van der Waals surface area contributed by atoms with Crippen molar-refractivity contribution in [3.05, 3.63) is 78.0 Å². The predicted octanol–water partition coefficient (Wildman–Crippen LogP) is 4.33. The van der Waals surface area contributed by atoms with Gasteiger partial charge in [0.1, 0.15) is 0 Å². The highest BCUT2D eigenvalue weighted by atomic mass is 16.5. The van der Waals surface area contributed by atoms with E-state index in [4.69, 9.17) is 15.2 Å². The van der Waals surface area contributed by atoms with Gasteiger partial charge in [-0.25, -0.2) is 9.59 Å². The molecule has 8 nitrogen and oxygen atoms in total. The number of anilines is 2. The van der Waals surface area contributed by atoms with Crippen molar-refractivity contribution < 1.29 is 23.9 Å². The average Bonchev–Trinajstić information content (AvgIpc) is 2.84. The number of benzene rings is 2. The van der Waals surface area contributed by atoms with Gasteiger partial charge in [-0.15, -0.1) is 0 Å². The van der Waals surface area contributed by atoms with Crippen LogP contribution in [0.4, 0.5) is 11.4 Å². The Morgan fingerprint density at radius 2 is 1.67 bits per heavy atom. The molecule has 0 atom stereocenters. The molecule has 0 radical (unpaired) electrons. The van der Waals surface area contributed by atoms with Crippen molar-refractivity contribution in [1.82, 2.24) is 4.98 Å². The van der Waals surface area contributed by atoms with Crippen molar-refractivity contribution in [3.8, 4) is 11.3 Å². The molecule has 33 heavy (non-hydrogen) atoms. The fraction of sp³-hybridized carbons (Fsp3) is 0.200. The SMILES string of the molecule is CC.CCOC(=O)c1cc(-c2ccccc2)ncc1NC(=O)COC(=O)c1cccc(N)c1. The van der Waals surface area contributed by atoms with Gasteiger partial charge in [-0.1, -0.05) is 50.2 Å². The van der Waals surface area contributed by atoms with E-state index in [9.17, 15) is 14.4 Å². The number of nitrogens with one attached hydrogen (secondary N) is 1. The maximum atomic E-state index is 12.4. The number of carbonyl (C=O) groups excluding carboxylic acids is 3. The Morgan fingerprint density at radius 1 is 0.939 bits per heavy atom. The number of aromatic nitrogens is 1. The van der Waals surface area contributed by atoms with Crippen molar-refractivity contribution in [2.45, 2.75) is 20.8 Å². The maximum absolute atomic E-state index is 12.4. The minimum atomic E-state index is -0.689. The average molecular weight is 450 g/mol. The first-order valence-electron chi connectivity index (χ1n) is 10.5. The number of hydrogen-bond acceptors (Lipinski definition) is 7. The summed E-state index contributed by atoms with van der Waals surface area (Å²) in [6.07, 6.45) is 1.37. The smallest absolute Gasteiger partial charge is 0.340 e. The monoisotopic (exact) mass is 449 g/mol. The number of carbonyl (C=O) groups is 3. The van der Waals surface area contributed by atoms with E-state index < -0.39 is 24.5 Å². The molecule has 0 aliphatic carbocycles. The largest absolute Gasteiger partial charge is 0.462 e. The summed E-state index contributed by atoms with van der Waals surface area (Å²) in [5, 5.41) is 2.54. The number of rotatable bonds is 7. The van der Waals surface area contributed by atoms with Gasteiger partial charge >= 0.3 is 11.9 Å². The highest BCUT2D eigenvalue weighted by Crippen LogP contribution is 2.23. The van der Waals surface area contributed by atoms with Gasteiger partial charge in [0.2, 0.25) is 0 Å². The van der Waals surface area contributed by atoms with Crippen LogP contribution in [0.1, 0.15) is 41.5 Å². The number of hydrogen-bond donors (Lipinski definition) is 2. The number of nitrogen functional groups attached to an aromatic ring is 1. The summed E-state index contributed by atoms with van der Waals surface area (Å²) in [4.78, 5) is 41.1. The quantitative estimate of drug-likeness (QED) is 0.407. The van der Waals surface area contributed by atoms with Gasteiger partial charge in [0.15, 0.2) is 6.61 Å². The van der Waals surface area contributed by atoms with Gasteiger partial charge in [0.05, 0.1) is 35.3 Å². The molecule has 0 saturated carbocycles. The number of pyridine rings is 1. The van der Waals surface area contributed by atoms with Gasteiger partial charge in [0.25, 0.3) is 5.91 Å². The molecule has 0 unspecified atom stereocenters. The molecule has 0 aliphatic rings. The predicted molar refractivity (Wildman–Crippen MR) is 127 cm³/mol. The third kappa shape index (κ3) is 7.17. The molecule has 1 amide bonds. The minimum Gasteiger partial charge on any atom is -0.462 e. The number of nitrogens with zero attached hydrogens (tertiary/aromatic N) is 1. The van der Waals surface area contributed by atoms with E-state index in [1.165, 1.54) is 18.3 Å². The van der Waals surface area contributed by atoms with E-state index in [1.807, 2.05) is 44.2 Å². The third-order valence-corrected chi connectivity index (χ3v) is 4.20. The summed E-state index contributed by atoms with van der Waals surface area (Å²) in [7, 11) is 0. The molecule has 172 valence electrons. The molecule has 1 heterocycles. The molecule has 0 bridgehead atoms. The van der Waals surface area contributed by atoms with Crippen LogP contribution < -0.4 is 11.1 Å². The highest BCUT2D eigenvalue weighted by Gasteiger charge is 2.18.